The number of rotatable bonds is 6. The van der Waals surface area contributed by atoms with E-state index >= 15 is 0 Å². The lowest BCUT2D eigenvalue weighted by Gasteiger charge is -2.20. The minimum absolute atomic E-state index is 0.0890. The van der Waals surface area contributed by atoms with Gasteiger partial charge in [-0.05, 0) is 55.6 Å². The first kappa shape index (κ1) is 19.4. The molecule has 2 aromatic carbocycles. The Kier molecular flexibility index (Phi) is 5.82. The van der Waals surface area contributed by atoms with E-state index in [0.29, 0.717) is 17.9 Å². The van der Waals surface area contributed by atoms with Crippen molar-refractivity contribution in [2.24, 2.45) is 17.6 Å². The lowest BCUT2D eigenvalue weighted by atomic mass is 9.95. The molecule has 0 unspecified atom stereocenters. The standard InChI is InChI=1S/C20H25N3O3S/c1-23(17-9-3-2-4-10-17)27(25,26)18-11-6-8-16(13-18)22-20(24)19-12-5-7-15(19)14-21/h2-4,6,8-11,13,15,19H,5,7,12,14,21H2,1H3,(H,22,24)/t15-,19-/m1/s1. The molecule has 1 fully saturated rings. The Morgan fingerprint density at radius 2 is 1.89 bits per heavy atom. The molecule has 7 heteroatoms. The Bertz CT molecular complexity index is 900. The molecule has 0 aromatic heterocycles. The van der Waals surface area contributed by atoms with Crippen molar-refractivity contribution in [3.8, 4) is 0 Å². The number of hydrogen-bond donors (Lipinski definition) is 2. The average Bonchev–Trinajstić information content (AvgIpc) is 3.17. The van der Waals surface area contributed by atoms with Gasteiger partial charge in [-0.25, -0.2) is 8.42 Å². The normalized spacial score (nSPS) is 19.6. The maximum atomic E-state index is 12.9. The molecule has 1 amide bonds. The number of carbonyl (C=O) groups excluding carboxylic acids is 1. The summed E-state index contributed by atoms with van der Waals surface area (Å²) < 4.78 is 27.1. The zero-order chi connectivity index (χ0) is 19.4. The van der Waals surface area contributed by atoms with Gasteiger partial charge in [0.15, 0.2) is 0 Å². The largest absolute Gasteiger partial charge is 0.330 e. The summed E-state index contributed by atoms with van der Waals surface area (Å²) in [6, 6.07) is 15.2. The summed E-state index contributed by atoms with van der Waals surface area (Å²) in [7, 11) is -2.21. The Balaban J connectivity index is 1.80. The van der Waals surface area contributed by atoms with Crippen LogP contribution >= 0.6 is 0 Å². The molecule has 0 saturated heterocycles. The first-order chi connectivity index (χ1) is 12.9. The van der Waals surface area contributed by atoms with Crippen molar-refractivity contribution in [1.82, 2.24) is 0 Å². The molecule has 3 N–H and O–H groups in total. The van der Waals surface area contributed by atoms with Gasteiger partial charge in [0.1, 0.15) is 0 Å². The van der Waals surface area contributed by atoms with Crippen LogP contribution in [-0.4, -0.2) is 27.9 Å². The van der Waals surface area contributed by atoms with E-state index < -0.39 is 10.0 Å². The smallest absolute Gasteiger partial charge is 0.264 e. The van der Waals surface area contributed by atoms with Crippen LogP contribution in [0.15, 0.2) is 59.5 Å². The highest BCUT2D eigenvalue weighted by molar-refractivity contribution is 7.92. The number of hydrogen-bond acceptors (Lipinski definition) is 4. The monoisotopic (exact) mass is 387 g/mol. The Hall–Kier alpha value is -2.38. The van der Waals surface area contributed by atoms with E-state index in [1.807, 2.05) is 6.07 Å². The van der Waals surface area contributed by atoms with E-state index in [1.54, 1.807) is 36.4 Å². The van der Waals surface area contributed by atoms with E-state index in [0.717, 1.165) is 19.3 Å². The quantitative estimate of drug-likeness (QED) is 0.797. The highest BCUT2D eigenvalue weighted by atomic mass is 32.2. The summed E-state index contributed by atoms with van der Waals surface area (Å²) in [4.78, 5) is 12.7. The van der Waals surface area contributed by atoms with E-state index in [-0.39, 0.29) is 22.6 Å². The van der Waals surface area contributed by atoms with Crippen LogP contribution in [0.25, 0.3) is 0 Å². The number of benzene rings is 2. The molecule has 1 aliphatic rings. The fourth-order valence-electron chi connectivity index (χ4n) is 3.57. The van der Waals surface area contributed by atoms with Gasteiger partial charge in [0.25, 0.3) is 10.0 Å². The minimum Gasteiger partial charge on any atom is -0.330 e. The molecular formula is C20H25N3O3S. The van der Waals surface area contributed by atoms with Crippen LogP contribution < -0.4 is 15.4 Å². The van der Waals surface area contributed by atoms with Crippen molar-refractivity contribution < 1.29 is 13.2 Å². The third-order valence-electron chi connectivity index (χ3n) is 5.18. The molecule has 0 aliphatic heterocycles. The van der Waals surface area contributed by atoms with Crippen LogP contribution in [0, 0.1) is 11.8 Å². The van der Waals surface area contributed by atoms with Crippen LogP contribution in [0.3, 0.4) is 0 Å². The summed E-state index contributed by atoms with van der Waals surface area (Å²) in [6.45, 7) is 0.494. The van der Waals surface area contributed by atoms with Gasteiger partial charge < -0.3 is 11.1 Å². The van der Waals surface area contributed by atoms with Gasteiger partial charge in [-0.15, -0.1) is 0 Å². The van der Waals surface area contributed by atoms with Crippen molar-refractivity contribution in [2.75, 3.05) is 23.2 Å². The number of amides is 1. The maximum Gasteiger partial charge on any atom is 0.264 e. The number of sulfonamides is 1. The van der Waals surface area contributed by atoms with Crippen molar-refractivity contribution in [3.63, 3.8) is 0 Å². The predicted molar refractivity (Wildman–Crippen MR) is 107 cm³/mol. The second-order valence-corrected chi connectivity index (χ2v) is 8.83. The molecule has 144 valence electrons. The van der Waals surface area contributed by atoms with Crippen molar-refractivity contribution in [3.05, 3.63) is 54.6 Å². The fourth-order valence-corrected chi connectivity index (χ4v) is 4.81. The molecule has 1 saturated carbocycles. The number of nitrogens with two attached hydrogens (primary N) is 1. The maximum absolute atomic E-state index is 12.9. The third-order valence-corrected chi connectivity index (χ3v) is 6.96. The predicted octanol–water partition coefficient (Wildman–Crippen LogP) is 2.83. The summed E-state index contributed by atoms with van der Waals surface area (Å²) in [5.74, 6) is -0.00250. The molecule has 1 aliphatic carbocycles. The van der Waals surface area contributed by atoms with Gasteiger partial charge in [0.05, 0.1) is 10.6 Å². The minimum atomic E-state index is -3.72. The Labute approximate surface area is 160 Å². The fraction of sp³-hybridized carbons (Fsp3) is 0.350. The zero-order valence-corrected chi connectivity index (χ0v) is 16.2. The average molecular weight is 388 g/mol. The van der Waals surface area contributed by atoms with Crippen molar-refractivity contribution >= 4 is 27.3 Å². The summed E-state index contributed by atoms with van der Waals surface area (Å²) in [5, 5.41) is 2.86. The van der Waals surface area contributed by atoms with Crippen LogP contribution in [-0.2, 0) is 14.8 Å². The molecule has 0 spiro atoms. The van der Waals surface area contributed by atoms with Gasteiger partial charge >= 0.3 is 0 Å². The number of nitrogens with zero attached hydrogens (tertiary/aromatic N) is 1. The second kappa shape index (κ2) is 8.10. The molecule has 27 heavy (non-hydrogen) atoms. The van der Waals surface area contributed by atoms with E-state index in [9.17, 15) is 13.2 Å². The van der Waals surface area contributed by atoms with Crippen LogP contribution in [0.5, 0.6) is 0 Å². The second-order valence-electron chi connectivity index (χ2n) is 6.86. The van der Waals surface area contributed by atoms with Crippen molar-refractivity contribution in [1.29, 1.82) is 0 Å². The summed E-state index contributed by atoms with van der Waals surface area (Å²) in [5.41, 5.74) is 6.81. The van der Waals surface area contributed by atoms with E-state index in [4.69, 9.17) is 5.73 Å². The van der Waals surface area contributed by atoms with E-state index in [1.165, 1.54) is 23.5 Å². The summed E-state index contributed by atoms with van der Waals surface area (Å²) in [6.07, 6.45) is 2.78. The van der Waals surface area contributed by atoms with Crippen LogP contribution in [0.1, 0.15) is 19.3 Å². The summed E-state index contributed by atoms with van der Waals surface area (Å²) >= 11 is 0. The molecule has 2 atom stereocenters. The number of nitrogens with one attached hydrogen (secondary N) is 1. The Morgan fingerprint density at radius 1 is 1.15 bits per heavy atom. The molecule has 6 nitrogen and oxygen atoms in total. The van der Waals surface area contributed by atoms with Gasteiger partial charge in [0.2, 0.25) is 5.91 Å². The third kappa shape index (κ3) is 4.14. The van der Waals surface area contributed by atoms with Gasteiger partial charge in [-0.3, -0.25) is 9.10 Å². The van der Waals surface area contributed by atoms with E-state index in [2.05, 4.69) is 5.32 Å². The first-order valence-electron chi connectivity index (χ1n) is 9.08. The zero-order valence-electron chi connectivity index (χ0n) is 15.3. The molecule has 2 aromatic rings. The Morgan fingerprint density at radius 3 is 2.59 bits per heavy atom. The highest BCUT2D eigenvalue weighted by Crippen LogP contribution is 2.32. The van der Waals surface area contributed by atoms with Gasteiger partial charge in [-0.2, -0.15) is 0 Å². The molecule has 0 heterocycles. The molecule has 3 rings (SSSR count). The molecule has 0 radical (unpaired) electrons. The highest BCUT2D eigenvalue weighted by Gasteiger charge is 2.32. The number of anilines is 2. The van der Waals surface area contributed by atoms with Crippen molar-refractivity contribution in [2.45, 2.75) is 24.2 Å². The van der Waals surface area contributed by atoms with Crippen LogP contribution in [0.2, 0.25) is 0 Å². The SMILES string of the molecule is CN(c1ccccc1)S(=O)(=O)c1cccc(NC(=O)[C@@H]2CCC[C@@H]2CN)c1. The van der Waals surface area contributed by atoms with Crippen LogP contribution in [0.4, 0.5) is 11.4 Å². The van der Waals surface area contributed by atoms with Gasteiger partial charge in [0, 0.05) is 18.7 Å². The topological polar surface area (TPSA) is 92.5 Å². The lowest BCUT2D eigenvalue weighted by Crippen LogP contribution is -2.30. The van der Waals surface area contributed by atoms with Gasteiger partial charge in [-0.1, -0.05) is 30.7 Å². The molecular weight excluding hydrogens is 362 g/mol. The lowest BCUT2D eigenvalue weighted by molar-refractivity contribution is -0.120. The number of carbonyl (C=O) groups is 1. The first-order valence-corrected chi connectivity index (χ1v) is 10.5. The number of para-hydroxylation sites is 1. The molecule has 0 bridgehead atoms.